The number of hydrogen-bond acceptors (Lipinski definition) is 2. The van der Waals surface area contributed by atoms with Crippen molar-refractivity contribution in [3.63, 3.8) is 0 Å². The van der Waals surface area contributed by atoms with E-state index in [4.69, 9.17) is 4.74 Å². The maximum absolute atomic E-state index is 12.3. The van der Waals surface area contributed by atoms with Gasteiger partial charge in [-0.3, -0.25) is 0 Å². The highest BCUT2D eigenvalue weighted by atomic mass is 19.3. The van der Waals surface area contributed by atoms with Crippen molar-refractivity contribution in [1.82, 2.24) is 0 Å². The van der Waals surface area contributed by atoms with Gasteiger partial charge in [0.1, 0.15) is 0 Å². The molecule has 2 aromatic rings. The molecule has 0 aliphatic carbocycles. The molecular weight excluding hydrogens is 214 g/mol. The monoisotopic (exact) mass is 224 g/mol. The molecule has 0 fully saturated rings. The van der Waals surface area contributed by atoms with Crippen molar-refractivity contribution in [3.8, 4) is 11.5 Å². The maximum atomic E-state index is 12.3. The van der Waals surface area contributed by atoms with Crippen LogP contribution in [0, 0.1) is 0 Å². The molecule has 0 aliphatic heterocycles. The molecule has 2 rings (SSSR count). The third-order valence-electron chi connectivity index (χ3n) is 2.27. The van der Waals surface area contributed by atoms with Gasteiger partial charge in [0.05, 0.1) is 7.11 Å². The van der Waals surface area contributed by atoms with Crippen LogP contribution in [0.3, 0.4) is 0 Å². The van der Waals surface area contributed by atoms with Gasteiger partial charge in [0.25, 0.3) is 0 Å². The number of halogens is 2. The summed E-state index contributed by atoms with van der Waals surface area (Å²) in [7, 11) is 1.42. The second-order valence-corrected chi connectivity index (χ2v) is 3.20. The highest BCUT2D eigenvalue weighted by molar-refractivity contribution is 5.90. The Kier molecular flexibility index (Phi) is 2.90. The zero-order valence-corrected chi connectivity index (χ0v) is 8.61. The molecule has 0 spiro atoms. The van der Waals surface area contributed by atoms with Crippen LogP contribution in [-0.2, 0) is 0 Å². The van der Waals surface area contributed by atoms with E-state index in [9.17, 15) is 8.78 Å². The molecule has 0 unspecified atom stereocenters. The van der Waals surface area contributed by atoms with Gasteiger partial charge in [0.15, 0.2) is 11.5 Å². The standard InChI is InChI=1S/C12H10F2O2/c1-15-10-7-6-8-4-2-3-5-9(8)11(10)16-12(13)14/h2-7,12H,1H3. The first-order valence-electron chi connectivity index (χ1n) is 4.73. The van der Waals surface area contributed by atoms with Gasteiger partial charge in [-0.15, -0.1) is 0 Å². The number of methoxy groups -OCH3 is 1. The van der Waals surface area contributed by atoms with Crippen molar-refractivity contribution in [3.05, 3.63) is 36.4 Å². The van der Waals surface area contributed by atoms with E-state index in [1.807, 2.05) is 12.1 Å². The molecule has 2 nitrogen and oxygen atoms in total. The largest absolute Gasteiger partial charge is 0.493 e. The van der Waals surface area contributed by atoms with E-state index in [0.29, 0.717) is 11.1 Å². The molecule has 0 aliphatic rings. The Hall–Kier alpha value is -1.84. The molecule has 0 radical (unpaired) electrons. The van der Waals surface area contributed by atoms with Crippen LogP contribution < -0.4 is 9.47 Å². The summed E-state index contributed by atoms with van der Waals surface area (Å²) in [5.74, 6) is 0.384. The van der Waals surface area contributed by atoms with Crippen molar-refractivity contribution in [2.45, 2.75) is 6.61 Å². The predicted octanol–water partition coefficient (Wildman–Crippen LogP) is 3.45. The quantitative estimate of drug-likeness (QED) is 0.794. The van der Waals surface area contributed by atoms with Crippen molar-refractivity contribution in [1.29, 1.82) is 0 Å². The van der Waals surface area contributed by atoms with E-state index in [1.165, 1.54) is 7.11 Å². The van der Waals surface area contributed by atoms with E-state index in [1.54, 1.807) is 24.3 Å². The fourth-order valence-corrected chi connectivity index (χ4v) is 1.59. The first kappa shape index (κ1) is 10.7. The molecule has 0 saturated heterocycles. The minimum absolute atomic E-state index is 0.0793. The first-order valence-corrected chi connectivity index (χ1v) is 4.73. The van der Waals surface area contributed by atoms with Gasteiger partial charge in [-0.1, -0.05) is 30.3 Å². The number of ether oxygens (including phenoxy) is 2. The molecule has 16 heavy (non-hydrogen) atoms. The van der Waals surface area contributed by atoms with Crippen LogP contribution in [0.5, 0.6) is 11.5 Å². The lowest BCUT2D eigenvalue weighted by atomic mass is 10.1. The van der Waals surface area contributed by atoms with Crippen LogP contribution >= 0.6 is 0 Å². The normalized spacial score (nSPS) is 10.8. The van der Waals surface area contributed by atoms with Crippen LogP contribution in [-0.4, -0.2) is 13.7 Å². The van der Waals surface area contributed by atoms with E-state index in [-0.39, 0.29) is 5.75 Å². The van der Waals surface area contributed by atoms with Crippen LogP contribution in [0.25, 0.3) is 10.8 Å². The summed E-state index contributed by atoms with van der Waals surface area (Å²) in [6.07, 6.45) is 0. The SMILES string of the molecule is COc1ccc2ccccc2c1OC(F)F. The molecule has 0 N–H and O–H groups in total. The van der Waals surface area contributed by atoms with Gasteiger partial charge < -0.3 is 9.47 Å². The van der Waals surface area contributed by atoms with Crippen LogP contribution in [0.1, 0.15) is 0 Å². The lowest BCUT2D eigenvalue weighted by Gasteiger charge is -2.12. The molecule has 4 heteroatoms. The Morgan fingerprint density at radius 2 is 1.81 bits per heavy atom. The molecule has 2 aromatic carbocycles. The topological polar surface area (TPSA) is 18.5 Å². The smallest absolute Gasteiger partial charge is 0.387 e. The van der Waals surface area contributed by atoms with E-state index >= 15 is 0 Å². The molecule has 0 bridgehead atoms. The Morgan fingerprint density at radius 3 is 2.50 bits per heavy atom. The molecule has 0 amide bonds. The summed E-state index contributed by atoms with van der Waals surface area (Å²) < 4.78 is 34.1. The summed E-state index contributed by atoms with van der Waals surface area (Å²) in [6.45, 7) is -2.86. The summed E-state index contributed by atoms with van der Waals surface area (Å²) in [4.78, 5) is 0. The number of fused-ring (bicyclic) bond motifs is 1. The maximum Gasteiger partial charge on any atom is 0.387 e. The highest BCUT2D eigenvalue weighted by Crippen LogP contribution is 2.36. The van der Waals surface area contributed by atoms with Crippen molar-refractivity contribution >= 4 is 10.8 Å². The van der Waals surface area contributed by atoms with E-state index < -0.39 is 6.61 Å². The van der Waals surface area contributed by atoms with Crippen molar-refractivity contribution in [2.24, 2.45) is 0 Å². The minimum atomic E-state index is -2.86. The second kappa shape index (κ2) is 4.35. The number of hydrogen-bond donors (Lipinski definition) is 0. The molecule has 0 heterocycles. The molecule has 0 aromatic heterocycles. The van der Waals surface area contributed by atoms with Crippen molar-refractivity contribution < 1.29 is 18.3 Å². The van der Waals surface area contributed by atoms with Gasteiger partial charge >= 0.3 is 6.61 Å². The lowest BCUT2D eigenvalue weighted by molar-refractivity contribution is -0.0501. The van der Waals surface area contributed by atoms with E-state index in [0.717, 1.165) is 5.39 Å². The van der Waals surface area contributed by atoms with Gasteiger partial charge in [-0.05, 0) is 11.5 Å². The van der Waals surface area contributed by atoms with Crippen LogP contribution in [0.4, 0.5) is 8.78 Å². The third kappa shape index (κ3) is 1.91. The van der Waals surface area contributed by atoms with Gasteiger partial charge in [-0.2, -0.15) is 8.78 Å². The van der Waals surface area contributed by atoms with Crippen molar-refractivity contribution in [2.75, 3.05) is 7.11 Å². The third-order valence-corrected chi connectivity index (χ3v) is 2.27. The molecular formula is C12H10F2O2. The Labute approximate surface area is 91.4 Å². The summed E-state index contributed by atoms with van der Waals surface area (Å²) >= 11 is 0. The van der Waals surface area contributed by atoms with Gasteiger partial charge in [-0.25, -0.2) is 0 Å². The zero-order valence-electron chi connectivity index (χ0n) is 8.61. The number of benzene rings is 2. The first-order chi connectivity index (χ1) is 7.72. The summed E-state index contributed by atoms with van der Waals surface area (Å²) in [6, 6.07) is 10.6. The number of rotatable bonds is 3. The fraction of sp³-hybridized carbons (Fsp3) is 0.167. The van der Waals surface area contributed by atoms with Crippen LogP contribution in [0.2, 0.25) is 0 Å². The van der Waals surface area contributed by atoms with Gasteiger partial charge in [0, 0.05) is 5.39 Å². The van der Waals surface area contributed by atoms with Crippen LogP contribution in [0.15, 0.2) is 36.4 Å². The van der Waals surface area contributed by atoms with Gasteiger partial charge in [0.2, 0.25) is 0 Å². The zero-order chi connectivity index (χ0) is 11.5. The fourth-order valence-electron chi connectivity index (χ4n) is 1.59. The van der Waals surface area contributed by atoms with E-state index in [2.05, 4.69) is 4.74 Å². The summed E-state index contributed by atoms with van der Waals surface area (Å²) in [5.41, 5.74) is 0. The Balaban J connectivity index is 2.63. The minimum Gasteiger partial charge on any atom is -0.493 e. The molecule has 84 valence electrons. The predicted molar refractivity (Wildman–Crippen MR) is 57.1 cm³/mol. The Morgan fingerprint density at radius 1 is 1.06 bits per heavy atom. The molecule has 0 saturated carbocycles. The Bertz CT molecular complexity index is 497. The summed E-state index contributed by atoms with van der Waals surface area (Å²) in [5, 5.41) is 1.45. The average Bonchev–Trinajstić information content (AvgIpc) is 2.29. The number of alkyl halides is 2. The highest BCUT2D eigenvalue weighted by Gasteiger charge is 2.13. The average molecular weight is 224 g/mol. The molecule has 0 atom stereocenters. The second-order valence-electron chi connectivity index (χ2n) is 3.20. The lowest BCUT2D eigenvalue weighted by Crippen LogP contribution is -2.04.